The van der Waals surface area contributed by atoms with Crippen LogP contribution in [-0.2, 0) is 9.53 Å². The fraction of sp³-hybridized carbons (Fsp3) is 0.333. The van der Waals surface area contributed by atoms with E-state index in [1.165, 1.54) is 0 Å². The maximum Gasteiger partial charge on any atom is 0.417 e. The summed E-state index contributed by atoms with van der Waals surface area (Å²) in [7, 11) is 0. The lowest BCUT2D eigenvalue weighted by atomic mass is 9.86. The highest BCUT2D eigenvalue weighted by atomic mass is 16.6. The molecule has 28 heavy (non-hydrogen) atoms. The Balaban J connectivity index is 1.98. The number of nitrogens with zero attached hydrogens (tertiary/aromatic N) is 4. The third-order valence-electron chi connectivity index (χ3n) is 5.19. The molecule has 144 valence electrons. The van der Waals surface area contributed by atoms with Gasteiger partial charge in [0.15, 0.2) is 0 Å². The molecule has 3 rings (SSSR count). The quantitative estimate of drug-likeness (QED) is 0.424. The highest BCUT2D eigenvalue weighted by molar-refractivity contribution is 5.97. The van der Waals surface area contributed by atoms with E-state index in [1.807, 2.05) is 69.3 Å². The van der Waals surface area contributed by atoms with Gasteiger partial charge in [0.25, 0.3) is 0 Å². The lowest BCUT2D eigenvalue weighted by Crippen LogP contribution is -2.42. The van der Waals surface area contributed by atoms with Crippen molar-refractivity contribution in [3.8, 4) is 0 Å². The highest BCUT2D eigenvalue weighted by Gasteiger charge is 2.43. The topological polar surface area (TPSA) is 95.4 Å². The third-order valence-corrected chi connectivity index (χ3v) is 5.19. The van der Waals surface area contributed by atoms with E-state index in [-0.39, 0.29) is 6.61 Å². The summed E-state index contributed by atoms with van der Waals surface area (Å²) in [5.41, 5.74) is 12.8. The van der Waals surface area contributed by atoms with Crippen LogP contribution in [0.5, 0.6) is 0 Å². The second-order valence-corrected chi connectivity index (χ2v) is 6.96. The summed E-state index contributed by atoms with van der Waals surface area (Å²) in [6.07, 6.45) is -0.717. The molecule has 1 aliphatic heterocycles. The van der Waals surface area contributed by atoms with Gasteiger partial charge in [-0.25, -0.2) is 9.69 Å². The van der Waals surface area contributed by atoms with Crippen molar-refractivity contribution in [1.29, 1.82) is 0 Å². The summed E-state index contributed by atoms with van der Waals surface area (Å²) < 4.78 is 5.15. The van der Waals surface area contributed by atoms with Crippen LogP contribution in [0.2, 0.25) is 0 Å². The van der Waals surface area contributed by atoms with Gasteiger partial charge in [-0.1, -0.05) is 60.6 Å². The maximum atomic E-state index is 13.3. The largest absolute Gasteiger partial charge is 0.446 e. The number of aryl methyl sites for hydroxylation is 2. The molecule has 0 aliphatic carbocycles. The standard InChI is InChI=1S/C21H22N4O3/c1-13-8-7-9-14(2)18(13)15(3)19(23-24-22)20(26)25-17(12-28-21(25)27)16-10-5-4-6-11-16/h4-11,15,17,19H,12H2,1-3H3/t15-,17-,19-/m1/s1. The number of carbonyl (C=O) groups excluding carboxylic acids is 2. The monoisotopic (exact) mass is 378 g/mol. The van der Waals surface area contributed by atoms with E-state index in [9.17, 15) is 9.59 Å². The number of carbonyl (C=O) groups is 2. The molecule has 0 saturated carbocycles. The van der Waals surface area contributed by atoms with Gasteiger partial charge in [0.2, 0.25) is 5.91 Å². The zero-order valence-electron chi connectivity index (χ0n) is 16.1. The molecule has 2 amide bonds. The van der Waals surface area contributed by atoms with Crippen molar-refractivity contribution in [1.82, 2.24) is 4.90 Å². The molecule has 0 spiro atoms. The Kier molecular flexibility index (Phi) is 5.66. The first-order valence-corrected chi connectivity index (χ1v) is 9.10. The molecule has 0 N–H and O–H groups in total. The number of benzene rings is 2. The molecule has 1 aliphatic rings. The van der Waals surface area contributed by atoms with Gasteiger partial charge < -0.3 is 4.74 Å². The van der Waals surface area contributed by atoms with Crippen LogP contribution in [0.4, 0.5) is 4.79 Å². The van der Waals surface area contributed by atoms with E-state index in [0.29, 0.717) is 0 Å². The second kappa shape index (κ2) is 8.15. The Bertz CT molecular complexity index is 918. The summed E-state index contributed by atoms with van der Waals surface area (Å²) in [6.45, 7) is 5.82. The van der Waals surface area contributed by atoms with Gasteiger partial charge in [0.05, 0.1) is 0 Å². The van der Waals surface area contributed by atoms with Crippen LogP contribution in [0.25, 0.3) is 10.4 Å². The molecule has 2 aromatic carbocycles. The minimum absolute atomic E-state index is 0.0787. The van der Waals surface area contributed by atoms with E-state index < -0.39 is 30.0 Å². The van der Waals surface area contributed by atoms with Gasteiger partial charge in [0.1, 0.15) is 18.7 Å². The molecule has 0 radical (unpaired) electrons. The Morgan fingerprint density at radius 1 is 1.18 bits per heavy atom. The molecule has 0 unspecified atom stereocenters. The van der Waals surface area contributed by atoms with Gasteiger partial charge in [-0.15, -0.1) is 0 Å². The molecule has 7 heteroatoms. The van der Waals surface area contributed by atoms with Crippen LogP contribution in [0.1, 0.15) is 41.1 Å². The molecule has 2 aromatic rings. The molecule has 7 nitrogen and oxygen atoms in total. The van der Waals surface area contributed by atoms with Crippen molar-refractivity contribution in [3.05, 3.63) is 81.2 Å². The molecule has 0 aromatic heterocycles. The Labute approximate surface area is 163 Å². The van der Waals surface area contributed by atoms with E-state index >= 15 is 0 Å². The first kappa shape index (κ1) is 19.5. The zero-order valence-corrected chi connectivity index (χ0v) is 16.1. The normalized spacial score (nSPS) is 18.2. The number of hydrogen-bond donors (Lipinski definition) is 0. The summed E-state index contributed by atoms with van der Waals surface area (Å²) in [4.78, 5) is 29.6. The number of ether oxygens (including phenoxy) is 1. The molecular weight excluding hydrogens is 356 g/mol. The average molecular weight is 378 g/mol. The minimum atomic E-state index is -1.05. The van der Waals surface area contributed by atoms with E-state index in [0.717, 1.165) is 27.2 Å². The molecule has 1 saturated heterocycles. The fourth-order valence-corrected chi connectivity index (χ4v) is 3.85. The number of rotatable bonds is 5. The van der Waals surface area contributed by atoms with E-state index in [2.05, 4.69) is 10.0 Å². The summed E-state index contributed by atoms with van der Waals surface area (Å²) >= 11 is 0. The number of amides is 2. The predicted molar refractivity (Wildman–Crippen MR) is 105 cm³/mol. The number of hydrogen-bond acceptors (Lipinski definition) is 4. The van der Waals surface area contributed by atoms with Crippen LogP contribution in [0.15, 0.2) is 53.6 Å². The smallest absolute Gasteiger partial charge is 0.417 e. The summed E-state index contributed by atoms with van der Waals surface area (Å²) in [5, 5.41) is 3.77. The Hall–Kier alpha value is -3.31. The molecule has 1 heterocycles. The first-order valence-electron chi connectivity index (χ1n) is 9.10. The van der Waals surface area contributed by atoms with Crippen molar-refractivity contribution >= 4 is 12.0 Å². The lowest BCUT2D eigenvalue weighted by Gasteiger charge is -2.27. The summed E-state index contributed by atoms with van der Waals surface area (Å²) in [6, 6.07) is 13.5. The Morgan fingerprint density at radius 3 is 2.43 bits per heavy atom. The van der Waals surface area contributed by atoms with E-state index in [4.69, 9.17) is 10.3 Å². The molecule has 3 atom stereocenters. The van der Waals surface area contributed by atoms with Gasteiger partial charge >= 0.3 is 6.09 Å². The fourth-order valence-electron chi connectivity index (χ4n) is 3.85. The van der Waals surface area contributed by atoms with Crippen LogP contribution in [0, 0.1) is 13.8 Å². The molecular formula is C21H22N4O3. The second-order valence-electron chi connectivity index (χ2n) is 6.96. The first-order chi connectivity index (χ1) is 13.5. The van der Waals surface area contributed by atoms with Crippen LogP contribution in [0.3, 0.4) is 0 Å². The van der Waals surface area contributed by atoms with Crippen molar-refractivity contribution in [3.63, 3.8) is 0 Å². The van der Waals surface area contributed by atoms with Gasteiger partial charge in [-0.2, -0.15) is 0 Å². The average Bonchev–Trinajstić information content (AvgIpc) is 3.07. The van der Waals surface area contributed by atoms with Crippen molar-refractivity contribution < 1.29 is 14.3 Å². The summed E-state index contributed by atoms with van der Waals surface area (Å²) in [5.74, 6) is -0.946. The Morgan fingerprint density at radius 2 is 1.82 bits per heavy atom. The van der Waals surface area contributed by atoms with Gasteiger partial charge in [-0.05, 0) is 47.6 Å². The number of imide groups is 1. The van der Waals surface area contributed by atoms with Crippen LogP contribution < -0.4 is 0 Å². The number of azide groups is 1. The maximum absolute atomic E-state index is 13.3. The van der Waals surface area contributed by atoms with Crippen molar-refractivity contribution in [2.45, 2.75) is 38.8 Å². The number of cyclic esters (lactones) is 1. The zero-order chi connectivity index (χ0) is 20.3. The lowest BCUT2D eigenvalue weighted by molar-refractivity contribution is -0.131. The SMILES string of the molecule is Cc1cccc(C)c1[C@@H](C)[C@@H](N=[N+]=[N-])C(=O)N1C(=O)OC[C@@H]1c1ccccc1. The minimum Gasteiger partial charge on any atom is -0.446 e. The van der Waals surface area contributed by atoms with Crippen LogP contribution in [-0.4, -0.2) is 29.5 Å². The highest BCUT2D eigenvalue weighted by Crippen LogP contribution is 2.33. The molecule has 1 fully saturated rings. The van der Waals surface area contributed by atoms with Crippen molar-refractivity contribution in [2.75, 3.05) is 6.61 Å². The van der Waals surface area contributed by atoms with Crippen LogP contribution >= 0.6 is 0 Å². The molecule has 0 bridgehead atoms. The van der Waals surface area contributed by atoms with Crippen molar-refractivity contribution in [2.24, 2.45) is 5.11 Å². The van der Waals surface area contributed by atoms with Gasteiger partial charge in [-0.3, -0.25) is 4.79 Å². The van der Waals surface area contributed by atoms with Gasteiger partial charge in [0, 0.05) is 4.91 Å². The predicted octanol–water partition coefficient (Wildman–Crippen LogP) is 4.81. The third kappa shape index (κ3) is 3.57. The van der Waals surface area contributed by atoms with E-state index in [1.54, 1.807) is 0 Å².